The standard InChI is InChI=1S/C11H25NSi/c1-11(2,3)10-7-9(12-10)8-13(4,5)6/h9-10,12H,7-8H2,1-6H3/t9-,10+/m0/s1. The van der Waals surface area contributed by atoms with Gasteiger partial charge in [-0.25, -0.2) is 0 Å². The van der Waals surface area contributed by atoms with Crippen LogP contribution in [0.1, 0.15) is 27.2 Å². The minimum atomic E-state index is -0.841. The van der Waals surface area contributed by atoms with Gasteiger partial charge in [-0.05, 0) is 17.9 Å². The van der Waals surface area contributed by atoms with E-state index in [-0.39, 0.29) is 0 Å². The second-order valence-corrected chi connectivity index (χ2v) is 12.3. The molecule has 0 amide bonds. The maximum absolute atomic E-state index is 3.71. The molecule has 2 atom stereocenters. The molecule has 0 aliphatic carbocycles. The van der Waals surface area contributed by atoms with Gasteiger partial charge >= 0.3 is 0 Å². The summed E-state index contributed by atoms with van der Waals surface area (Å²) in [6.45, 7) is 14.4. The van der Waals surface area contributed by atoms with Crippen LogP contribution in [0.4, 0.5) is 0 Å². The lowest BCUT2D eigenvalue weighted by Gasteiger charge is -2.47. The molecule has 1 aliphatic rings. The van der Waals surface area contributed by atoms with Crippen molar-refractivity contribution in [3.8, 4) is 0 Å². The van der Waals surface area contributed by atoms with Crippen LogP contribution in [-0.2, 0) is 0 Å². The Balaban J connectivity index is 2.27. The highest BCUT2D eigenvalue weighted by molar-refractivity contribution is 6.76. The van der Waals surface area contributed by atoms with Crippen LogP contribution in [-0.4, -0.2) is 20.2 Å². The van der Waals surface area contributed by atoms with Crippen molar-refractivity contribution >= 4 is 8.07 Å². The van der Waals surface area contributed by atoms with Crippen LogP contribution in [0.5, 0.6) is 0 Å². The first kappa shape index (κ1) is 11.3. The lowest BCUT2D eigenvalue weighted by molar-refractivity contribution is 0.147. The highest BCUT2D eigenvalue weighted by atomic mass is 28.3. The topological polar surface area (TPSA) is 12.0 Å². The summed E-state index contributed by atoms with van der Waals surface area (Å²) in [5.41, 5.74) is 0.454. The Morgan fingerprint density at radius 2 is 1.69 bits per heavy atom. The first-order valence-electron chi connectivity index (χ1n) is 5.44. The van der Waals surface area contributed by atoms with Crippen LogP contribution in [0, 0.1) is 5.41 Å². The van der Waals surface area contributed by atoms with Crippen molar-refractivity contribution in [1.82, 2.24) is 5.32 Å². The van der Waals surface area contributed by atoms with E-state index in [9.17, 15) is 0 Å². The second kappa shape index (κ2) is 3.39. The lowest BCUT2D eigenvalue weighted by atomic mass is 9.78. The molecule has 2 heteroatoms. The molecule has 1 N–H and O–H groups in total. The van der Waals surface area contributed by atoms with Gasteiger partial charge in [-0.15, -0.1) is 0 Å². The predicted octanol–water partition coefficient (Wildman–Crippen LogP) is 3.10. The Bertz CT molecular complexity index is 170. The van der Waals surface area contributed by atoms with E-state index in [1.54, 1.807) is 0 Å². The molecule has 0 aromatic heterocycles. The van der Waals surface area contributed by atoms with Crippen LogP contribution in [0.2, 0.25) is 25.7 Å². The minimum absolute atomic E-state index is 0.454. The van der Waals surface area contributed by atoms with E-state index in [4.69, 9.17) is 0 Å². The number of hydrogen-bond donors (Lipinski definition) is 1. The molecule has 1 heterocycles. The summed E-state index contributed by atoms with van der Waals surface area (Å²) in [7, 11) is -0.841. The van der Waals surface area contributed by atoms with E-state index in [1.165, 1.54) is 12.5 Å². The number of rotatable bonds is 2. The molecular formula is C11H25NSi. The van der Waals surface area contributed by atoms with Crippen molar-refractivity contribution in [2.24, 2.45) is 5.41 Å². The summed E-state index contributed by atoms with van der Waals surface area (Å²) in [5, 5.41) is 3.71. The SMILES string of the molecule is CC(C)(C)[C@H]1C[C@@H](C[Si](C)(C)C)N1. The third kappa shape index (κ3) is 3.43. The average molecular weight is 199 g/mol. The van der Waals surface area contributed by atoms with Gasteiger partial charge in [0.25, 0.3) is 0 Å². The van der Waals surface area contributed by atoms with Crippen molar-refractivity contribution in [3.05, 3.63) is 0 Å². The molecule has 1 saturated heterocycles. The highest BCUT2D eigenvalue weighted by Gasteiger charge is 2.37. The van der Waals surface area contributed by atoms with E-state index < -0.39 is 8.07 Å². The van der Waals surface area contributed by atoms with Gasteiger partial charge in [-0.2, -0.15) is 0 Å². The zero-order valence-electron chi connectivity index (χ0n) is 10.1. The summed E-state index contributed by atoms with van der Waals surface area (Å²) in [4.78, 5) is 0. The largest absolute Gasteiger partial charge is 0.311 e. The molecule has 1 nitrogen and oxygen atoms in total. The fourth-order valence-electron chi connectivity index (χ4n) is 2.03. The smallest absolute Gasteiger partial charge is 0.0458 e. The molecule has 0 aromatic rings. The van der Waals surface area contributed by atoms with E-state index in [1.807, 2.05) is 0 Å². The van der Waals surface area contributed by atoms with Crippen LogP contribution in [0.3, 0.4) is 0 Å². The monoisotopic (exact) mass is 199 g/mol. The average Bonchev–Trinajstić information content (AvgIpc) is 1.71. The molecule has 0 aromatic carbocycles. The van der Waals surface area contributed by atoms with Gasteiger partial charge in [-0.3, -0.25) is 0 Å². The summed E-state index contributed by atoms with van der Waals surface area (Å²) in [5.74, 6) is 0. The maximum atomic E-state index is 3.71. The van der Waals surface area contributed by atoms with Crippen molar-refractivity contribution in [2.75, 3.05) is 0 Å². The van der Waals surface area contributed by atoms with Gasteiger partial charge in [0.15, 0.2) is 0 Å². The Morgan fingerprint density at radius 1 is 1.23 bits per heavy atom. The number of nitrogens with one attached hydrogen (secondary N) is 1. The van der Waals surface area contributed by atoms with Crippen LogP contribution in [0.15, 0.2) is 0 Å². The van der Waals surface area contributed by atoms with Crippen LogP contribution < -0.4 is 5.32 Å². The van der Waals surface area contributed by atoms with Gasteiger partial charge < -0.3 is 5.32 Å². The molecule has 1 fully saturated rings. The zero-order valence-corrected chi connectivity index (χ0v) is 11.1. The van der Waals surface area contributed by atoms with E-state index in [0.29, 0.717) is 5.41 Å². The Labute approximate surface area is 84.3 Å². The molecule has 0 unspecified atom stereocenters. The second-order valence-electron chi connectivity index (χ2n) is 6.78. The van der Waals surface area contributed by atoms with E-state index in [0.717, 1.165) is 12.1 Å². The number of hydrogen-bond acceptors (Lipinski definition) is 1. The van der Waals surface area contributed by atoms with Crippen molar-refractivity contribution < 1.29 is 0 Å². The molecule has 0 saturated carbocycles. The van der Waals surface area contributed by atoms with E-state index in [2.05, 4.69) is 45.7 Å². The molecular weight excluding hydrogens is 174 g/mol. The first-order chi connectivity index (χ1) is 5.68. The van der Waals surface area contributed by atoms with Gasteiger partial charge in [0.2, 0.25) is 0 Å². The predicted molar refractivity (Wildman–Crippen MR) is 62.9 cm³/mol. The molecule has 78 valence electrons. The molecule has 0 bridgehead atoms. The van der Waals surface area contributed by atoms with Gasteiger partial charge in [0, 0.05) is 20.2 Å². The van der Waals surface area contributed by atoms with Crippen molar-refractivity contribution in [3.63, 3.8) is 0 Å². The Hall–Kier alpha value is 0.177. The fraction of sp³-hybridized carbons (Fsp3) is 1.00. The molecule has 0 spiro atoms. The minimum Gasteiger partial charge on any atom is -0.311 e. The summed E-state index contributed by atoms with van der Waals surface area (Å²) in [6, 6.07) is 3.03. The van der Waals surface area contributed by atoms with Gasteiger partial charge in [-0.1, -0.05) is 40.4 Å². The normalized spacial score (nSPS) is 30.0. The third-order valence-electron chi connectivity index (χ3n) is 2.86. The van der Waals surface area contributed by atoms with Crippen molar-refractivity contribution in [1.29, 1.82) is 0 Å². The molecule has 0 radical (unpaired) electrons. The zero-order chi connectivity index (χ0) is 10.3. The van der Waals surface area contributed by atoms with E-state index >= 15 is 0 Å². The first-order valence-corrected chi connectivity index (χ1v) is 9.15. The van der Waals surface area contributed by atoms with Crippen LogP contribution in [0.25, 0.3) is 0 Å². The summed E-state index contributed by atoms with van der Waals surface area (Å²) >= 11 is 0. The quantitative estimate of drug-likeness (QED) is 0.674. The third-order valence-corrected chi connectivity index (χ3v) is 4.58. The van der Waals surface area contributed by atoms with Crippen molar-refractivity contribution in [2.45, 2.75) is 65.0 Å². The molecule has 1 aliphatic heterocycles. The van der Waals surface area contributed by atoms with Gasteiger partial charge in [0.05, 0.1) is 0 Å². The van der Waals surface area contributed by atoms with Crippen LogP contribution >= 0.6 is 0 Å². The Morgan fingerprint density at radius 3 is 2.00 bits per heavy atom. The molecule has 13 heavy (non-hydrogen) atoms. The maximum Gasteiger partial charge on any atom is 0.0458 e. The highest BCUT2D eigenvalue weighted by Crippen LogP contribution is 2.32. The Kier molecular flexibility index (Phi) is 2.94. The van der Waals surface area contributed by atoms with Gasteiger partial charge in [0.1, 0.15) is 0 Å². The fourth-order valence-corrected chi connectivity index (χ4v) is 3.79. The molecule has 1 rings (SSSR count). The summed E-state index contributed by atoms with van der Waals surface area (Å²) < 4.78 is 0. The summed E-state index contributed by atoms with van der Waals surface area (Å²) in [6.07, 6.45) is 1.40. The lowest BCUT2D eigenvalue weighted by Crippen LogP contribution is -2.59.